The van der Waals surface area contributed by atoms with Crippen LogP contribution in [0.4, 0.5) is 5.69 Å². The number of anilines is 1. The SMILES string of the molecule is CNCc1nc(C(C)C)ncc1N1CCn2cnnc2C1. The molecule has 0 aromatic carbocycles. The van der Waals surface area contributed by atoms with E-state index in [-0.39, 0.29) is 0 Å². The number of fused-ring (bicyclic) bond motifs is 1. The summed E-state index contributed by atoms with van der Waals surface area (Å²) in [4.78, 5) is 11.5. The quantitative estimate of drug-likeness (QED) is 0.902. The predicted octanol–water partition coefficient (Wildman–Crippen LogP) is 0.931. The molecule has 0 aliphatic carbocycles. The Bertz CT molecular complexity index is 620. The van der Waals surface area contributed by atoms with Crippen LogP contribution in [0.25, 0.3) is 0 Å². The number of rotatable bonds is 4. The molecule has 0 radical (unpaired) electrons. The van der Waals surface area contributed by atoms with Gasteiger partial charge in [0.05, 0.1) is 24.1 Å². The molecule has 0 saturated carbocycles. The summed E-state index contributed by atoms with van der Waals surface area (Å²) in [5, 5.41) is 11.3. The second-order valence-electron chi connectivity index (χ2n) is 5.61. The Hall–Kier alpha value is -2.02. The first-order valence-corrected chi connectivity index (χ1v) is 7.31. The van der Waals surface area contributed by atoms with Crippen molar-refractivity contribution in [2.45, 2.75) is 39.4 Å². The first-order chi connectivity index (χ1) is 10.2. The molecule has 21 heavy (non-hydrogen) atoms. The Labute approximate surface area is 124 Å². The van der Waals surface area contributed by atoms with Gasteiger partial charge in [0.1, 0.15) is 12.2 Å². The van der Waals surface area contributed by atoms with Crippen LogP contribution in [0.15, 0.2) is 12.5 Å². The zero-order chi connectivity index (χ0) is 14.8. The minimum absolute atomic E-state index is 0.333. The van der Waals surface area contributed by atoms with Crippen molar-refractivity contribution in [3.8, 4) is 0 Å². The Morgan fingerprint density at radius 3 is 2.95 bits per heavy atom. The van der Waals surface area contributed by atoms with Crippen LogP contribution >= 0.6 is 0 Å². The molecule has 3 rings (SSSR count). The molecule has 3 heterocycles. The van der Waals surface area contributed by atoms with E-state index in [4.69, 9.17) is 4.98 Å². The Morgan fingerprint density at radius 1 is 1.33 bits per heavy atom. The van der Waals surface area contributed by atoms with Crippen LogP contribution in [-0.4, -0.2) is 38.3 Å². The third-order valence-electron chi connectivity index (χ3n) is 3.70. The highest BCUT2D eigenvalue weighted by molar-refractivity contribution is 5.49. The monoisotopic (exact) mass is 287 g/mol. The van der Waals surface area contributed by atoms with Crippen molar-refractivity contribution in [3.05, 3.63) is 29.9 Å². The van der Waals surface area contributed by atoms with E-state index in [1.807, 2.05) is 13.2 Å². The minimum atomic E-state index is 0.333. The lowest BCUT2D eigenvalue weighted by Gasteiger charge is -2.30. The third kappa shape index (κ3) is 2.73. The standard InChI is InChI=1S/C14H21N7/c1-10(2)14-16-7-12(11(18-14)6-15-3)20-4-5-21-9-17-19-13(21)8-20/h7,9-10,15H,4-6,8H2,1-3H3. The summed E-state index contributed by atoms with van der Waals surface area (Å²) in [6, 6.07) is 0. The molecule has 1 N–H and O–H groups in total. The van der Waals surface area contributed by atoms with E-state index in [2.05, 4.69) is 43.8 Å². The smallest absolute Gasteiger partial charge is 0.152 e. The highest BCUT2D eigenvalue weighted by atomic mass is 15.3. The molecule has 0 bridgehead atoms. The average molecular weight is 287 g/mol. The summed E-state index contributed by atoms with van der Waals surface area (Å²) in [5.74, 6) is 2.22. The summed E-state index contributed by atoms with van der Waals surface area (Å²) in [6.07, 6.45) is 3.74. The molecular formula is C14H21N7. The molecule has 7 heteroatoms. The molecule has 0 fully saturated rings. The zero-order valence-electron chi connectivity index (χ0n) is 12.7. The Morgan fingerprint density at radius 2 is 2.19 bits per heavy atom. The van der Waals surface area contributed by atoms with Crippen molar-refractivity contribution in [2.24, 2.45) is 0 Å². The fourth-order valence-electron chi connectivity index (χ4n) is 2.54. The first-order valence-electron chi connectivity index (χ1n) is 7.31. The summed E-state index contributed by atoms with van der Waals surface area (Å²) in [7, 11) is 1.94. The molecule has 2 aromatic heterocycles. The highest BCUT2D eigenvalue weighted by Gasteiger charge is 2.21. The summed E-state index contributed by atoms with van der Waals surface area (Å²) >= 11 is 0. The van der Waals surface area contributed by atoms with Crippen LogP contribution in [0, 0.1) is 0 Å². The number of aromatic nitrogens is 5. The number of hydrogen-bond acceptors (Lipinski definition) is 6. The zero-order valence-corrected chi connectivity index (χ0v) is 12.7. The van der Waals surface area contributed by atoms with Crippen molar-refractivity contribution in [1.29, 1.82) is 0 Å². The molecule has 0 atom stereocenters. The second-order valence-corrected chi connectivity index (χ2v) is 5.61. The van der Waals surface area contributed by atoms with Crippen molar-refractivity contribution in [2.75, 3.05) is 18.5 Å². The van der Waals surface area contributed by atoms with Crippen molar-refractivity contribution >= 4 is 5.69 Å². The van der Waals surface area contributed by atoms with Crippen LogP contribution in [0.5, 0.6) is 0 Å². The minimum Gasteiger partial charge on any atom is -0.359 e. The van der Waals surface area contributed by atoms with Gasteiger partial charge in [-0.2, -0.15) is 0 Å². The first kappa shape index (κ1) is 13.9. The predicted molar refractivity (Wildman–Crippen MR) is 80.0 cm³/mol. The van der Waals surface area contributed by atoms with Gasteiger partial charge in [0.15, 0.2) is 5.82 Å². The number of nitrogens with zero attached hydrogens (tertiary/aromatic N) is 6. The highest BCUT2D eigenvalue weighted by Crippen LogP contribution is 2.24. The molecule has 1 aliphatic heterocycles. The van der Waals surface area contributed by atoms with Gasteiger partial charge in [0.25, 0.3) is 0 Å². The van der Waals surface area contributed by atoms with E-state index in [1.54, 1.807) is 6.33 Å². The van der Waals surface area contributed by atoms with Crippen LogP contribution in [0.1, 0.15) is 37.1 Å². The van der Waals surface area contributed by atoms with E-state index < -0.39 is 0 Å². The van der Waals surface area contributed by atoms with Gasteiger partial charge in [-0.05, 0) is 7.05 Å². The molecule has 7 nitrogen and oxygen atoms in total. The molecule has 0 amide bonds. The third-order valence-corrected chi connectivity index (χ3v) is 3.70. The van der Waals surface area contributed by atoms with Crippen LogP contribution in [0.2, 0.25) is 0 Å². The van der Waals surface area contributed by atoms with Gasteiger partial charge in [-0.15, -0.1) is 10.2 Å². The van der Waals surface area contributed by atoms with Gasteiger partial charge < -0.3 is 14.8 Å². The summed E-state index contributed by atoms with van der Waals surface area (Å²) in [6.45, 7) is 7.53. The van der Waals surface area contributed by atoms with Crippen molar-refractivity contribution in [3.63, 3.8) is 0 Å². The topological polar surface area (TPSA) is 71.8 Å². The van der Waals surface area contributed by atoms with Crippen LogP contribution in [0.3, 0.4) is 0 Å². The molecular weight excluding hydrogens is 266 g/mol. The Balaban J connectivity index is 1.91. The lowest BCUT2D eigenvalue weighted by Crippen LogP contribution is -2.35. The van der Waals surface area contributed by atoms with E-state index in [0.29, 0.717) is 5.92 Å². The van der Waals surface area contributed by atoms with Crippen molar-refractivity contribution in [1.82, 2.24) is 30.0 Å². The number of nitrogens with one attached hydrogen (secondary N) is 1. The van der Waals surface area contributed by atoms with E-state index in [9.17, 15) is 0 Å². The van der Waals surface area contributed by atoms with Gasteiger partial charge in [0, 0.05) is 25.6 Å². The normalized spacial score (nSPS) is 14.6. The maximum atomic E-state index is 4.72. The molecule has 0 spiro atoms. The molecule has 0 unspecified atom stereocenters. The van der Waals surface area contributed by atoms with E-state index in [0.717, 1.165) is 49.2 Å². The molecule has 2 aromatic rings. The van der Waals surface area contributed by atoms with Gasteiger partial charge in [-0.25, -0.2) is 9.97 Å². The van der Waals surface area contributed by atoms with Crippen molar-refractivity contribution < 1.29 is 0 Å². The fourth-order valence-corrected chi connectivity index (χ4v) is 2.54. The maximum Gasteiger partial charge on any atom is 0.152 e. The second kappa shape index (κ2) is 5.77. The van der Waals surface area contributed by atoms with E-state index in [1.165, 1.54) is 0 Å². The fraction of sp³-hybridized carbons (Fsp3) is 0.571. The largest absolute Gasteiger partial charge is 0.359 e. The number of hydrogen-bond donors (Lipinski definition) is 1. The van der Waals surface area contributed by atoms with Gasteiger partial charge >= 0.3 is 0 Å². The van der Waals surface area contributed by atoms with Crippen LogP contribution < -0.4 is 10.2 Å². The molecule has 0 saturated heterocycles. The maximum absolute atomic E-state index is 4.72. The van der Waals surface area contributed by atoms with Gasteiger partial charge in [0.2, 0.25) is 0 Å². The van der Waals surface area contributed by atoms with Crippen LogP contribution in [-0.2, 0) is 19.6 Å². The average Bonchev–Trinajstić information content (AvgIpc) is 2.94. The van der Waals surface area contributed by atoms with Gasteiger partial charge in [-0.1, -0.05) is 13.8 Å². The molecule has 1 aliphatic rings. The van der Waals surface area contributed by atoms with E-state index >= 15 is 0 Å². The lowest BCUT2D eigenvalue weighted by molar-refractivity contribution is 0.555. The van der Waals surface area contributed by atoms with Gasteiger partial charge in [-0.3, -0.25) is 0 Å². The lowest BCUT2D eigenvalue weighted by atomic mass is 10.2. The Kier molecular flexibility index (Phi) is 3.83. The molecule has 112 valence electrons. The summed E-state index contributed by atoms with van der Waals surface area (Å²) in [5.41, 5.74) is 2.13. The summed E-state index contributed by atoms with van der Waals surface area (Å²) < 4.78 is 2.09.